The highest BCUT2D eigenvalue weighted by Crippen LogP contribution is 2.33. The van der Waals surface area contributed by atoms with E-state index in [9.17, 15) is 15.3 Å². The van der Waals surface area contributed by atoms with E-state index in [4.69, 9.17) is 15.3 Å². The van der Waals surface area contributed by atoms with Gasteiger partial charge in [-0.25, -0.2) is 0 Å². The molecule has 0 aromatic carbocycles. The average molecular weight is 210 g/mol. The van der Waals surface area contributed by atoms with Gasteiger partial charge in [0.25, 0.3) is 0 Å². The van der Waals surface area contributed by atoms with Crippen molar-refractivity contribution >= 4 is 0 Å². The predicted octanol–water partition coefficient (Wildman–Crippen LogP) is -3.51. The van der Waals surface area contributed by atoms with Crippen molar-refractivity contribution in [2.75, 3.05) is 6.61 Å². The summed E-state index contributed by atoms with van der Waals surface area (Å²) in [5.74, 6) is -2.92. The van der Waals surface area contributed by atoms with Gasteiger partial charge < -0.3 is 35.4 Å². The molecule has 0 unspecified atom stereocenters. The lowest BCUT2D eigenvalue weighted by Crippen LogP contribution is -2.71. The Morgan fingerprint density at radius 1 is 1.21 bits per heavy atom. The fourth-order valence-corrected chi connectivity index (χ4v) is 1.35. The first-order chi connectivity index (χ1) is 6.25. The molecule has 7 heteroatoms. The maximum absolute atomic E-state index is 9.39. The minimum atomic E-state index is -2.92. The molecule has 84 valence electrons. The molecular weight excluding hydrogens is 196 g/mol. The summed E-state index contributed by atoms with van der Waals surface area (Å²) in [5.41, 5.74) is -1.73. The summed E-state index contributed by atoms with van der Waals surface area (Å²) in [6.45, 7) is 0.439. The Labute approximate surface area is 79.8 Å². The Hall–Kier alpha value is -0.280. The fraction of sp³-hybridized carbons (Fsp3) is 1.00. The molecule has 6 N–H and O–H groups in total. The number of aliphatic hydroxyl groups is 6. The Bertz CT molecular complexity index is 213. The summed E-state index contributed by atoms with van der Waals surface area (Å²) in [7, 11) is 0. The van der Waals surface area contributed by atoms with E-state index in [1.54, 1.807) is 0 Å². The molecule has 1 saturated heterocycles. The number of ether oxygens (including phenoxy) is 1. The van der Waals surface area contributed by atoms with E-state index in [-0.39, 0.29) is 0 Å². The normalized spacial score (nSPS) is 47.8. The molecule has 1 aliphatic heterocycles. The van der Waals surface area contributed by atoms with E-state index < -0.39 is 36.5 Å². The number of aliphatic hydroxyl groups excluding tert-OH is 4. The Morgan fingerprint density at radius 2 is 1.71 bits per heavy atom. The third kappa shape index (κ3) is 1.52. The van der Waals surface area contributed by atoms with Crippen LogP contribution in [0.2, 0.25) is 0 Å². The van der Waals surface area contributed by atoms with Crippen LogP contribution in [-0.4, -0.2) is 67.1 Å². The van der Waals surface area contributed by atoms with E-state index in [1.165, 1.54) is 6.92 Å². The number of hydrogen-bond donors (Lipinski definition) is 6. The summed E-state index contributed by atoms with van der Waals surface area (Å²) in [6.07, 6.45) is -5.87. The lowest BCUT2D eigenvalue weighted by molar-refractivity contribution is -0.404. The highest BCUT2D eigenvalue weighted by Gasteiger charge is 2.59. The molecule has 0 bridgehead atoms. The SMILES string of the molecule is C[C@]1(CO)O[C@H](O)[C@@H](O)C(O)(O)[C@@H]1O. The topological polar surface area (TPSA) is 131 Å². The molecule has 0 spiro atoms. The Balaban J connectivity index is 2.99. The third-order valence-electron chi connectivity index (χ3n) is 2.39. The van der Waals surface area contributed by atoms with Gasteiger partial charge in [-0.3, -0.25) is 0 Å². The zero-order chi connectivity index (χ0) is 11.1. The van der Waals surface area contributed by atoms with Crippen LogP contribution in [0, 0.1) is 0 Å². The van der Waals surface area contributed by atoms with Gasteiger partial charge in [0.1, 0.15) is 11.7 Å². The zero-order valence-corrected chi connectivity index (χ0v) is 7.53. The third-order valence-corrected chi connectivity index (χ3v) is 2.39. The molecule has 0 radical (unpaired) electrons. The summed E-state index contributed by atoms with van der Waals surface area (Å²) >= 11 is 0. The van der Waals surface area contributed by atoms with Crippen LogP contribution in [0.1, 0.15) is 6.92 Å². The number of hydrogen-bond acceptors (Lipinski definition) is 7. The van der Waals surface area contributed by atoms with Crippen molar-refractivity contribution < 1.29 is 35.4 Å². The molecule has 0 saturated carbocycles. The van der Waals surface area contributed by atoms with Gasteiger partial charge in [-0.15, -0.1) is 0 Å². The Kier molecular flexibility index (Phi) is 2.85. The van der Waals surface area contributed by atoms with Crippen molar-refractivity contribution in [3.63, 3.8) is 0 Å². The van der Waals surface area contributed by atoms with E-state index >= 15 is 0 Å². The van der Waals surface area contributed by atoms with Gasteiger partial charge in [0.2, 0.25) is 5.79 Å². The second-order valence-corrected chi connectivity index (χ2v) is 3.61. The standard InChI is InChI=1S/C7H14O7/c1-6(2-8)5(11)7(12,13)3(9)4(10)14-6/h3-5,8-13H,2H2,1H3/t3-,4+,5-,6-/m1/s1. The first-order valence-corrected chi connectivity index (χ1v) is 4.03. The molecular formula is C7H14O7. The van der Waals surface area contributed by atoms with Gasteiger partial charge in [-0.1, -0.05) is 0 Å². The van der Waals surface area contributed by atoms with Gasteiger partial charge in [-0.2, -0.15) is 0 Å². The van der Waals surface area contributed by atoms with Crippen LogP contribution in [0.5, 0.6) is 0 Å². The van der Waals surface area contributed by atoms with Crippen LogP contribution in [0.25, 0.3) is 0 Å². The highest BCUT2D eigenvalue weighted by atomic mass is 16.7. The molecule has 1 rings (SSSR count). The predicted molar refractivity (Wildman–Crippen MR) is 41.8 cm³/mol. The largest absolute Gasteiger partial charge is 0.393 e. The van der Waals surface area contributed by atoms with E-state index in [2.05, 4.69) is 4.74 Å². The maximum Gasteiger partial charge on any atom is 0.224 e. The molecule has 1 aliphatic rings. The van der Waals surface area contributed by atoms with Crippen molar-refractivity contribution in [3.05, 3.63) is 0 Å². The van der Waals surface area contributed by atoms with Crippen LogP contribution in [0.15, 0.2) is 0 Å². The molecule has 14 heavy (non-hydrogen) atoms. The van der Waals surface area contributed by atoms with Crippen molar-refractivity contribution in [2.24, 2.45) is 0 Å². The minimum Gasteiger partial charge on any atom is -0.393 e. The highest BCUT2D eigenvalue weighted by molar-refractivity contribution is 5.01. The summed E-state index contributed by atoms with van der Waals surface area (Å²) < 4.78 is 4.67. The van der Waals surface area contributed by atoms with Crippen LogP contribution < -0.4 is 0 Å². The van der Waals surface area contributed by atoms with Gasteiger partial charge in [-0.05, 0) is 6.92 Å². The smallest absolute Gasteiger partial charge is 0.224 e. The van der Waals surface area contributed by atoms with E-state index in [0.717, 1.165) is 0 Å². The minimum absolute atomic E-state index is 0.735. The van der Waals surface area contributed by atoms with Crippen molar-refractivity contribution in [2.45, 2.75) is 36.8 Å². The fourth-order valence-electron chi connectivity index (χ4n) is 1.35. The summed E-state index contributed by atoms with van der Waals surface area (Å²) in [6, 6.07) is 0. The first-order valence-electron chi connectivity index (χ1n) is 4.03. The Morgan fingerprint density at radius 3 is 2.14 bits per heavy atom. The zero-order valence-electron chi connectivity index (χ0n) is 7.53. The molecule has 1 fully saturated rings. The number of rotatable bonds is 1. The van der Waals surface area contributed by atoms with Gasteiger partial charge >= 0.3 is 0 Å². The second-order valence-electron chi connectivity index (χ2n) is 3.61. The average Bonchev–Trinajstić information content (AvgIpc) is 2.13. The first kappa shape index (κ1) is 11.8. The second kappa shape index (κ2) is 3.38. The van der Waals surface area contributed by atoms with Gasteiger partial charge in [0.05, 0.1) is 6.61 Å². The van der Waals surface area contributed by atoms with Crippen LogP contribution in [0.4, 0.5) is 0 Å². The van der Waals surface area contributed by atoms with E-state index in [0.29, 0.717) is 0 Å². The van der Waals surface area contributed by atoms with Gasteiger partial charge in [0.15, 0.2) is 12.4 Å². The molecule has 0 amide bonds. The molecule has 7 nitrogen and oxygen atoms in total. The maximum atomic E-state index is 9.39. The van der Waals surface area contributed by atoms with Crippen LogP contribution >= 0.6 is 0 Å². The summed E-state index contributed by atoms with van der Waals surface area (Å²) in [4.78, 5) is 0. The quantitative estimate of drug-likeness (QED) is 0.247. The van der Waals surface area contributed by atoms with E-state index in [1.807, 2.05) is 0 Å². The van der Waals surface area contributed by atoms with Crippen LogP contribution in [-0.2, 0) is 4.74 Å². The molecule has 4 atom stereocenters. The monoisotopic (exact) mass is 210 g/mol. The molecule has 0 aromatic heterocycles. The van der Waals surface area contributed by atoms with Crippen molar-refractivity contribution in [1.82, 2.24) is 0 Å². The lowest BCUT2D eigenvalue weighted by atomic mass is 9.86. The van der Waals surface area contributed by atoms with Crippen LogP contribution in [0.3, 0.4) is 0 Å². The van der Waals surface area contributed by atoms with Crippen molar-refractivity contribution in [1.29, 1.82) is 0 Å². The molecule has 0 aromatic rings. The molecule has 0 aliphatic carbocycles. The lowest BCUT2D eigenvalue weighted by Gasteiger charge is -2.48. The van der Waals surface area contributed by atoms with Gasteiger partial charge in [0, 0.05) is 0 Å². The molecule has 1 heterocycles. The summed E-state index contributed by atoms with van der Waals surface area (Å²) in [5, 5.41) is 54.9. The van der Waals surface area contributed by atoms with Crippen molar-refractivity contribution in [3.8, 4) is 0 Å².